The summed E-state index contributed by atoms with van der Waals surface area (Å²) in [7, 11) is 0. The fourth-order valence-electron chi connectivity index (χ4n) is 3.20. The fraction of sp³-hybridized carbons (Fsp3) is 0.692. The largest absolute Gasteiger partial charge is 0.452 e. The van der Waals surface area contributed by atoms with Crippen LogP contribution < -0.4 is 5.32 Å². The summed E-state index contributed by atoms with van der Waals surface area (Å²) < 4.78 is 7.38. The molecule has 2 saturated heterocycles. The Morgan fingerprint density at radius 3 is 2.94 bits per heavy atom. The van der Waals surface area contributed by atoms with Crippen LogP contribution in [0.3, 0.4) is 0 Å². The summed E-state index contributed by atoms with van der Waals surface area (Å²) in [6.07, 6.45) is 5.38. The minimum absolute atomic E-state index is 0.632. The van der Waals surface area contributed by atoms with E-state index in [9.17, 15) is 0 Å². The molecule has 2 aliphatic rings. The molecule has 3 nitrogen and oxygen atoms in total. The molecular weight excluding hydrogens is 360 g/mol. The van der Waals surface area contributed by atoms with Gasteiger partial charge in [0, 0.05) is 18.6 Å². The van der Waals surface area contributed by atoms with E-state index >= 15 is 0 Å². The number of nitrogens with zero attached hydrogens (tertiary/aromatic N) is 1. The maximum Gasteiger partial charge on any atom is 0.183 e. The van der Waals surface area contributed by atoms with Crippen LogP contribution in [0.5, 0.6) is 0 Å². The van der Waals surface area contributed by atoms with Crippen LogP contribution in [0, 0.1) is 0 Å². The summed E-state index contributed by atoms with van der Waals surface area (Å²) in [6.45, 7) is 3.37. The first kappa shape index (κ1) is 13.2. The van der Waals surface area contributed by atoms with Gasteiger partial charge in [0.15, 0.2) is 4.67 Å². The Kier molecular flexibility index (Phi) is 4.13. The third-order valence-electron chi connectivity index (χ3n) is 4.09. The van der Waals surface area contributed by atoms with Crippen molar-refractivity contribution >= 4 is 31.9 Å². The lowest BCUT2D eigenvalue weighted by Crippen LogP contribution is -2.44. The third-order valence-corrected chi connectivity index (χ3v) is 5.80. The lowest BCUT2D eigenvalue weighted by atomic mass is 9.99. The second-order valence-electron chi connectivity index (χ2n) is 5.21. The average Bonchev–Trinajstić information content (AvgIpc) is 2.92. The second-order valence-corrected chi connectivity index (χ2v) is 6.78. The SMILES string of the molecule is Brc1cc(CNC2CCN3CCCCC23)oc1Br. The monoisotopic (exact) mass is 376 g/mol. The van der Waals surface area contributed by atoms with Crippen LogP contribution in [0.2, 0.25) is 0 Å². The molecule has 2 aliphatic heterocycles. The van der Waals surface area contributed by atoms with Crippen LogP contribution in [-0.2, 0) is 6.54 Å². The van der Waals surface area contributed by atoms with Crippen LogP contribution in [0.1, 0.15) is 31.4 Å². The smallest absolute Gasteiger partial charge is 0.183 e. The molecule has 1 N–H and O–H groups in total. The van der Waals surface area contributed by atoms with E-state index in [0.717, 1.165) is 27.5 Å². The molecule has 2 fully saturated rings. The summed E-state index contributed by atoms with van der Waals surface area (Å²) in [4.78, 5) is 2.65. The number of hydrogen-bond acceptors (Lipinski definition) is 3. The van der Waals surface area contributed by atoms with E-state index in [1.54, 1.807) is 0 Å². The highest BCUT2D eigenvalue weighted by atomic mass is 79.9. The summed E-state index contributed by atoms with van der Waals surface area (Å²) in [5.74, 6) is 0.989. The van der Waals surface area contributed by atoms with Crippen molar-refractivity contribution in [2.45, 2.75) is 44.3 Å². The van der Waals surface area contributed by atoms with Crippen molar-refractivity contribution < 1.29 is 4.42 Å². The number of fused-ring (bicyclic) bond motifs is 1. The highest BCUT2D eigenvalue weighted by molar-refractivity contribution is 9.13. The van der Waals surface area contributed by atoms with Crippen molar-refractivity contribution in [3.05, 3.63) is 21.0 Å². The van der Waals surface area contributed by atoms with Crippen LogP contribution in [0.4, 0.5) is 0 Å². The summed E-state index contributed by atoms with van der Waals surface area (Å²) in [5, 5.41) is 3.66. The molecule has 3 heterocycles. The molecule has 0 amide bonds. The molecule has 0 radical (unpaired) electrons. The Bertz CT molecular complexity index is 402. The van der Waals surface area contributed by atoms with Crippen molar-refractivity contribution in [3.8, 4) is 0 Å². The predicted octanol–water partition coefficient (Wildman–Crippen LogP) is 3.52. The Morgan fingerprint density at radius 2 is 2.17 bits per heavy atom. The first-order valence-corrected chi connectivity index (χ1v) is 8.24. The quantitative estimate of drug-likeness (QED) is 0.873. The lowest BCUT2D eigenvalue weighted by molar-refractivity contribution is 0.179. The van der Waals surface area contributed by atoms with Gasteiger partial charge in [-0.25, -0.2) is 0 Å². The van der Waals surface area contributed by atoms with Gasteiger partial charge in [0.1, 0.15) is 5.76 Å². The van der Waals surface area contributed by atoms with Gasteiger partial charge in [-0.1, -0.05) is 6.42 Å². The van der Waals surface area contributed by atoms with E-state index in [4.69, 9.17) is 4.42 Å². The Hall–Kier alpha value is 0.160. The molecule has 0 saturated carbocycles. The molecule has 2 atom stereocenters. The van der Waals surface area contributed by atoms with Gasteiger partial charge in [-0.15, -0.1) is 0 Å². The molecule has 0 spiro atoms. The topological polar surface area (TPSA) is 28.4 Å². The second kappa shape index (κ2) is 5.65. The van der Waals surface area contributed by atoms with Gasteiger partial charge in [0.25, 0.3) is 0 Å². The van der Waals surface area contributed by atoms with Crippen LogP contribution in [0.25, 0.3) is 0 Å². The van der Waals surface area contributed by atoms with Crippen molar-refractivity contribution in [2.24, 2.45) is 0 Å². The van der Waals surface area contributed by atoms with Crippen molar-refractivity contribution in [2.75, 3.05) is 13.1 Å². The van der Waals surface area contributed by atoms with Crippen molar-refractivity contribution in [3.63, 3.8) is 0 Å². The number of halogens is 2. The Labute approximate surface area is 125 Å². The maximum absolute atomic E-state index is 5.60. The van der Waals surface area contributed by atoms with Gasteiger partial charge in [0.2, 0.25) is 0 Å². The number of nitrogens with one attached hydrogen (secondary N) is 1. The van der Waals surface area contributed by atoms with E-state index < -0.39 is 0 Å². The van der Waals surface area contributed by atoms with Gasteiger partial charge < -0.3 is 9.73 Å². The predicted molar refractivity (Wildman–Crippen MR) is 78.6 cm³/mol. The maximum atomic E-state index is 5.60. The molecule has 0 aliphatic carbocycles. The van der Waals surface area contributed by atoms with Gasteiger partial charge in [0.05, 0.1) is 11.0 Å². The first-order valence-electron chi connectivity index (χ1n) is 6.65. The fourth-order valence-corrected chi connectivity index (χ4v) is 3.85. The average molecular weight is 378 g/mol. The van der Waals surface area contributed by atoms with Crippen molar-refractivity contribution in [1.82, 2.24) is 10.2 Å². The number of furan rings is 1. The number of rotatable bonds is 3. The molecule has 1 aromatic heterocycles. The van der Waals surface area contributed by atoms with Crippen LogP contribution in [-0.4, -0.2) is 30.1 Å². The third kappa shape index (κ3) is 2.69. The summed E-state index contributed by atoms with van der Waals surface area (Å²) in [5.41, 5.74) is 0. The number of hydrogen-bond donors (Lipinski definition) is 1. The number of piperidine rings is 1. The van der Waals surface area contributed by atoms with Gasteiger partial charge >= 0.3 is 0 Å². The summed E-state index contributed by atoms with van der Waals surface area (Å²) >= 11 is 6.82. The molecule has 18 heavy (non-hydrogen) atoms. The van der Waals surface area contributed by atoms with Crippen LogP contribution >= 0.6 is 31.9 Å². The van der Waals surface area contributed by atoms with Crippen LogP contribution in [0.15, 0.2) is 19.6 Å². The Balaban J connectivity index is 1.57. The van der Waals surface area contributed by atoms with E-state index in [2.05, 4.69) is 42.1 Å². The minimum Gasteiger partial charge on any atom is -0.452 e. The standard InChI is InChI=1S/C13H18Br2N2O/c14-10-7-9(18-13(10)15)8-16-11-4-6-17-5-2-1-3-12(11)17/h7,11-12,16H,1-6,8H2. The molecule has 0 aromatic carbocycles. The molecule has 5 heteroatoms. The van der Waals surface area contributed by atoms with Gasteiger partial charge in [-0.05, 0) is 63.7 Å². The van der Waals surface area contributed by atoms with Crippen molar-refractivity contribution in [1.29, 1.82) is 0 Å². The van der Waals surface area contributed by atoms with E-state index in [0.29, 0.717) is 6.04 Å². The normalized spacial score (nSPS) is 28.6. The van der Waals surface area contributed by atoms with Gasteiger partial charge in [-0.3, -0.25) is 4.90 Å². The first-order chi connectivity index (χ1) is 8.74. The lowest BCUT2D eigenvalue weighted by Gasteiger charge is -2.32. The molecule has 1 aromatic rings. The van der Waals surface area contributed by atoms with Gasteiger partial charge in [-0.2, -0.15) is 0 Å². The molecule has 0 bridgehead atoms. The minimum atomic E-state index is 0.632. The zero-order valence-corrected chi connectivity index (χ0v) is 13.5. The van der Waals surface area contributed by atoms with E-state index in [1.807, 2.05) is 6.07 Å². The zero-order valence-electron chi connectivity index (χ0n) is 10.3. The highest BCUT2D eigenvalue weighted by Gasteiger charge is 2.35. The Morgan fingerprint density at radius 1 is 1.28 bits per heavy atom. The molecular formula is C13H18Br2N2O. The molecule has 100 valence electrons. The summed E-state index contributed by atoms with van der Waals surface area (Å²) in [6, 6.07) is 3.42. The highest BCUT2D eigenvalue weighted by Crippen LogP contribution is 2.29. The molecule has 3 rings (SSSR count). The zero-order chi connectivity index (χ0) is 12.5. The van der Waals surface area contributed by atoms with E-state index in [-0.39, 0.29) is 0 Å². The van der Waals surface area contributed by atoms with E-state index in [1.165, 1.54) is 38.8 Å². The molecule has 2 unspecified atom stereocenters.